The highest BCUT2D eigenvalue weighted by Gasteiger charge is 2.26. The number of rotatable bonds is 4. The first-order chi connectivity index (χ1) is 13.8. The second-order valence-electron chi connectivity index (χ2n) is 6.84. The van der Waals surface area contributed by atoms with Gasteiger partial charge in [-0.25, -0.2) is 0 Å². The van der Waals surface area contributed by atoms with Crippen LogP contribution in [0, 0.1) is 0 Å². The molecule has 4 aromatic rings. The van der Waals surface area contributed by atoms with Crippen molar-refractivity contribution in [2.45, 2.75) is 6.04 Å². The molecule has 3 heterocycles. The predicted molar refractivity (Wildman–Crippen MR) is 109 cm³/mol. The Kier molecular flexibility index (Phi) is 4.60. The summed E-state index contributed by atoms with van der Waals surface area (Å²) in [7, 11) is 0. The first kappa shape index (κ1) is 17.4. The van der Waals surface area contributed by atoms with Crippen molar-refractivity contribution in [3.63, 3.8) is 0 Å². The fourth-order valence-corrected chi connectivity index (χ4v) is 3.90. The fourth-order valence-electron chi connectivity index (χ4n) is 3.63. The molecule has 142 valence electrons. The van der Waals surface area contributed by atoms with Crippen molar-refractivity contribution in [2.75, 3.05) is 26.4 Å². The minimum absolute atomic E-state index is 0.0639. The summed E-state index contributed by atoms with van der Waals surface area (Å²) >= 11 is 6.52. The van der Waals surface area contributed by atoms with Crippen molar-refractivity contribution >= 4 is 33.5 Å². The van der Waals surface area contributed by atoms with Gasteiger partial charge in [0.1, 0.15) is 6.73 Å². The van der Waals surface area contributed by atoms with Crippen molar-refractivity contribution in [1.82, 2.24) is 20.4 Å². The van der Waals surface area contributed by atoms with Crippen LogP contribution in [0.25, 0.3) is 21.9 Å². The van der Waals surface area contributed by atoms with Gasteiger partial charge in [0.25, 0.3) is 5.88 Å². The zero-order chi connectivity index (χ0) is 18.9. The minimum atomic E-state index is 0.0639. The van der Waals surface area contributed by atoms with Crippen LogP contribution in [0.5, 0.6) is 5.88 Å². The standard InChI is InChI=1S/C21H19ClN4O2/c22-16-11-18(24-17-7-3-1-5-14(16)17)19-12-23-9-10-26(19)13-27-21-15-6-2-4-8-20(15)28-25-21/h1-8,11,19,23H,9-10,12-13H2. The number of halogens is 1. The summed E-state index contributed by atoms with van der Waals surface area (Å²) in [5, 5.41) is 10.1. The third-order valence-electron chi connectivity index (χ3n) is 5.09. The second kappa shape index (κ2) is 7.39. The van der Waals surface area contributed by atoms with E-state index in [4.69, 9.17) is 25.8 Å². The first-order valence-corrected chi connectivity index (χ1v) is 9.64. The lowest BCUT2D eigenvalue weighted by atomic mass is 10.1. The second-order valence-corrected chi connectivity index (χ2v) is 7.24. The SMILES string of the molecule is Clc1cc(C2CNCCN2COc2noc3ccccc23)nc2ccccc12. The molecular weight excluding hydrogens is 376 g/mol. The molecule has 2 aromatic heterocycles. The summed E-state index contributed by atoms with van der Waals surface area (Å²) in [5.41, 5.74) is 2.56. The molecule has 0 radical (unpaired) electrons. The van der Waals surface area contributed by atoms with Gasteiger partial charge >= 0.3 is 0 Å². The lowest BCUT2D eigenvalue weighted by Gasteiger charge is -2.35. The quantitative estimate of drug-likeness (QED) is 0.564. The number of para-hydroxylation sites is 2. The van der Waals surface area contributed by atoms with Gasteiger partial charge < -0.3 is 14.6 Å². The molecule has 6 nitrogen and oxygen atoms in total. The summed E-state index contributed by atoms with van der Waals surface area (Å²) in [4.78, 5) is 7.09. The van der Waals surface area contributed by atoms with Crippen molar-refractivity contribution in [2.24, 2.45) is 0 Å². The molecule has 1 N–H and O–H groups in total. The van der Waals surface area contributed by atoms with E-state index in [-0.39, 0.29) is 6.04 Å². The van der Waals surface area contributed by atoms with Gasteiger partial charge in [-0.2, -0.15) is 0 Å². The number of nitrogens with one attached hydrogen (secondary N) is 1. The zero-order valence-electron chi connectivity index (χ0n) is 15.1. The smallest absolute Gasteiger partial charge is 0.263 e. The summed E-state index contributed by atoms with van der Waals surface area (Å²) in [6, 6.07) is 17.6. The maximum Gasteiger partial charge on any atom is 0.263 e. The summed E-state index contributed by atoms with van der Waals surface area (Å²) < 4.78 is 11.3. The number of piperazine rings is 1. The normalized spacial score (nSPS) is 18.0. The molecule has 0 amide bonds. The molecule has 1 atom stereocenters. The van der Waals surface area contributed by atoms with Crippen LogP contribution in [0.4, 0.5) is 0 Å². The highest BCUT2D eigenvalue weighted by Crippen LogP contribution is 2.29. The lowest BCUT2D eigenvalue weighted by Crippen LogP contribution is -2.47. The van der Waals surface area contributed by atoms with E-state index in [0.29, 0.717) is 12.6 Å². The number of aromatic nitrogens is 2. The van der Waals surface area contributed by atoms with Crippen molar-refractivity contribution in [3.8, 4) is 5.88 Å². The van der Waals surface area contributed by atoms with Crippen LogP contribution in [0.1, 0.15) is 11.7 Å². The average Bonchev–Trinajstić information content (AvgIpc) is 3.16. The van der Waals surface area contributed by atoms with Crippen molar-refractivity contribution in [1.29, 1.82) is 0 Å². The molecule has 7 heteroatoms. The van der Waals surface area contributed by atoms with E-state index >= 15 is 0 Å². The van der Waals surface area contributed by atoms with Crippen LogP contribution in [0.3, 0.4) is 0 Å². The molecule has 0 bridgehead atoms. The third kappa shape index (κ3) is 3.20. The lowest BCUT2D eigenvalue weighted by molar-refractivity contribution is 0.0604. The van der Waals surface area contributed by atoms with Gasteiger partial charge in [0.2, 0.25) is 0 Å². The molecule has 5 rings (SSSR count). The van der Waals surface area contributed by atoms with Crippen molar-refractivity contribution in [3.05, 3.63) is 65.3 Å². The highest BCUT2D eigenvalue weighted by atomic mass is 35.5. The first-order valence-electron chi connectivity index (χ1n) is 9.27. The number of benzene rings is 2. The van der Waals surface area contributed by atoms with Crippen LogP contribution >= 0.6 is 11.6 Å². The van der Waals surface area contributed by atoms with E-state index in [2.05, 4.69) is 15.4 Å². The van der Waals surface area contributed by atoms with E-state index < -0.39 is 0 Å². The average molecular weight is 395 g/mol. The van der Waals surface area contributed by atoms with Gasteiger partial charge in [-0.05, 0) is 29.4 Å². The van der Waals surface area contributed by atoms with Crippen LogP contribution in [0.15, 0.2) is 59.1 Å². The van der Waals surface area contributed by atoms with Gasteiger partial charge in [-0.3, -0.25) is 9.88 Å². The zero-order valence-corrected chi connectivity index (χ0v) is 15.9. The van der Waals surface area contributed by atoms with Gasteiger partial charge in [0.05, 0.1) is 27.7 Å². The Morgan fingerprint density at radius 3 is 2.89 bits per heavy atom. The van der Waals surface area contributed by atoms with Gasteiger partial charge in [-0.1, -0.05) is 41.9 Å². The monoisotopic (exact) mass is 394 g/mol. The van der Waals surface area contributed by atoms with E-state index in [1.807, 2.05) is 54.6 Å². The maximum absolute atomic E-state index is 6.52. The number of ether oxygens (including phenoxy) is 1. The van der Waals surface area contributed by atoms with Crippen LogP contribution in [0.2, 0.25) is 5.02 Å². The number of hydrogen-bond acceptors (Lipinski definition) is 6. The Labute approximate surface area is 167 Å². The molecule has 0 saturated carbocycles. The predicted octanol–water partition coefficient (Wildman–Crippen LogP) is 4.01. The molecule has 1 unspecified atom stereocenters. The van der Waals surface area contributed by atoms with Crippen molar-refractivity contribution < 1.29 is 9.26 Å². The number of nitrogens with zero attached hydrogens (tertiary/aromatic N) is 3. The molecule has 1 fully saturated rings. The Morgan fingerprint density at radius 1 is 1.14 bits per heavy atom. The molecular formula is C21H19ClN4O2. The van der Waals surface area contributed by atoms with E-state index in [1.54, 1.807) is 0 Å². The topological polar surface area (TPSA) is 63.4 Å². The Bertz CT molecular complexity index is 1130. The van der Waals surface area contributed by atoms with Crippen LogP contribution in [-0.2, 0) is 0 Å². The van der Waals surface area contributed by atoms with Gasteiger partial charge in [-0.15, -0.1) is 0 Å². The van der Waals surface area contributed by atoms with E-state index in [1.165, 1.54) is 0 Å². The number of pyridine rings is 1. The molecule has 1 aliphatic heterocycles. The summed E-state index contributed by atoms with van der Waals surface area (Å²) in [6.07, 6.45) is 0. The highest BCUT2D eigenvalue weighted by molar-refractivity contribution is 6.35. The molecule has 0 aliphatic carbocycles. The molecule has 0 spiro atoms. The minimum Gasteiger partial charge on any atom is -0.459 e. The number of fused-ring (bicyclic) bond motifs is 2. The largest absolute Gasteiger partial charge is 0.459 e. The van der Waals surface area contributed by atoms with Crippen LogP contribution < -0.4 is 10.1 Å². The number of hydrogen-bond donors (Lipinski definition) is 1. The molecule has 1 saturated heterocycles. The Hall–Kier alpha value is -2.67. The van der Waals surface area contributed by atoms with E-state index in [0.717, 1.165) is 52.2 Å². The molecule has 2 aromatic carbocycles. The molecule has 28 heavy (non-hydrogen) atoms. The van der Waals surface area contributed by atoms with Gasteiger partial charge in [0, 0.05) is 25.0 Å². The Balaban J connectivity index is 1.41. The Morgan fingerprint density at radius 2 is 1.96 bits per heavy atom. The van der Waals surface area contributed by atoms with E-state index in [9.17, 15) is 0 Å². The maximum atomic E-state index is 6.52. The summed E-state index contributed by atoms with van der Waals surface area (Å²) in [5.74, 6) is 0.511. The summed E-state index contributed by atoms with van der Waals surface area (Å²) in [6.45, 7) is 2.91. The third-order valence-corrected chi connectivity index (χ3v) is 5.41. The van der Waals surface area contributed by atoms with Crippen LogP contribution in [-0.4, -0.2) is 41.4 Å². The molecule has 1 aliphatic rings. The fraction of sp³-hybridized carbons (Fsp3) is 0.238. The van der Waals surface area contributed by atoms with Gasteiger partial charge in [0.15, 0.2) is 5.58 Å².